The number of hydrogen-bond acceptors (Lipinski definition) is 4. The van der Waals surface area contributed by atoms with E-state index in [2.05, 4.69) is 4.74 Å². The first-order valence-corrected chi connectivity index (χ1v) is 10.4. The highest BCUT2D eigenvalue weighted by atomic mass is 19.4. The van der Waals surface area contributed by atoms with E-state index in [4.69, 9.17) is 4.74 Å². The minimum Gasteiger partial charge on any atom is -0.494 e. The molecule has 1 aromatic heterocycles. The molecular formula is C24H23F4NO5. The SMILES string of the molecule is CCC(C)C(C(=O)O)c1c(C)n(C(=O)c2ccc(OC(F)(F)F)cc2)c2cc(F)c(OC)cc12. The predicted molar refractivity (Wildman–Crippen MR) is 116 cm³/mol. The fraction of sp³-hybridized carbons (Fsp3) is 0.333. The molecule has 1 heterocycles. The normalized spacial score (nSPS) is 13.5. The second-order valence-electron chi connectivity index (χ2n) is 7.92. The number of benzene rings is 2. The molecular weight excluding hydrogens is 458 g/mol. The molecule has 34 heavy (non-hydrogen) atoms. The topological polar surface area (TPSA) is 77.8 Å². The van der Waals surface area contributed by atoms with Gasteiger partial charge in [0, 0.05) is 22.7 Å². The Morgan fingerprint density at radius 1 is 1.15 bits per heavy atom. The van der Waals surface area contributed by atoms with Gasteiger partial charge in [-0.3, -0.25) is 14.2 Å². The molecule has 0 saturated heterocycles. The molecule has 0 radical (unpaired) electrons. The fourth-order valence-electron chi connectivity index (χ4n) is 4.07. The minimum atomic E-state index is -4.88. The Kier molecular flexibility index (Phi) is 6.90. The van der Waals surface area contributed by atoms with Gasteiger partial charge in [-0.2, -0.15) is 0 Å². The summed E-state index contributed by atoms with van der Waals surface area (Å²) in [5.74, 6) is -4.42. The van der Waals surface area contributed by atoms with Crippen molar-refractivity contribution in [2.75, 3.05) is 7.11 Å². The van der Waals surface area contributed by atoms with Crippen molar-refractivity contribution in [1.82, 2.24) is 4.57 Å². The van der Waals surface area contributed by atoms with Gasteiger partial charge in [-0.05, 0) is 48.7 Å². The summed E-state index contributed by atoms with van der Waals surface area (Å²) in [6.07, 6.45) is -4.35. The van der Waals surface area contributed by atoms with Crippen LogP contribution < -0.4 is 9.47 Å². The molecule has 6 nitrogen and oxygen atoms in total. The minimum absolute atomic E-state index is 0.00714. The van der Waals surface area contributed by atoms with Crippen molar-refractivity contribution in [1.29, 1.82) is 0 Å². The molecule has 2 aromatic carbocycles. The van der Waals surface area contributed by atoms with Crippen LogP contribution in [0.3, 0.4) is 0 Å². The highest BCUT2D eigenvalue weighted by molar-refractivity contribution is 6.05. The lowest BCUT2D eigenvalue weighted by atomic mass is 9.84. The number of carboxylic acid groups (broad SMARTS) is 1. The van der Waals surface area contributed by atoms with Crippen molar-refractivity contribution in [3.05, 3.63) is 59.0 Å². The molecule has 2 atom stereocenters. The maximum absolute atomic E-state index is 14.6. The first-order valence-electron chi connectivity index (χ1n) is 10.4. The molecule has 182 valence electrons. The van der Waals surface area contributed by atoms with Crippen molar-refractivity contribution in [3.63, 3.8) is 0 Å². The zero-order valence-corrected chi connectivity index (χ0v) is 18.9. The average Bonchev–Trinajstić information content (AvgIpc) is 3.02. The maximum Gasteiger partial charge on any atom is 0.573 e. The molecule has 10 heteroatoms. The molecule has 0 aliphatic heterocycles. The number of aliphatic carboxylic acids is 1. The zero-order valence-electron chi connectivity index (χ0n) is 18.9. The summed E-state index contributed by atoms with van der Waals surface area (Å²) >= 11 is 0. The van der Waals surface area contributed by atoms with E-state index < -0.39 is 35.7 Å². The van der Waals surface area contributed by atoms with Crippen LogP contribution in [0, 0.1) is 18.7 Å². The van der Waals surface area contributed by atoms with Gasteiger partial charge in [0.05, 0.1) is 18.5 Å². The van der Waals surface area contributed by atoms with Crippen LogP contribution in [-0.4, -0.2) is 35.0 Å². The highest BCUT2D eigenvalue weighted by Crippen LogP contribution is 2.40. The number of methoxy groups -OCH3 is 1. The van der Waals surface area contributed by atoms with E-state index in [-0.39, 0.29) is 28.4 Å². The van der Waals surface area contributed by atoms with Crippen LogP contribution in [0.25, 0.3) is 10.9 Å². The third-order valence-corrected chi connectivity index (χ3v) is 5.85. The number of rotatable bonds is 7. The van der Waals surface area contributed by atoms with E-state index in [0.29, 0.717) is 17.4 Å². The number of carbonyl (C=O) groups is 2. The smallest absolute Gasteiger partial charge is 0.494 e. The number of aromatic nitrogens is 1. The summed E-state index contributed by atoms with van der Waals surface area (Å²) in [4.78, 5) is 25.6. The van der Waals surface area contributed by atoms with Crippen LogP contribution in [0.1, 0.15) is 47.8 Å². The Labute approximate surface area is 192 Å². The molecule has 0 spiro atoms. The number of halogens is 4. The summed E-state index contributed by atoms with van der Waals surface area (Å²) in [6.45, 7) is 5.16. The van der Waals surface area contributed by atoms with Gasteiger partial charge in [0.2, 0.25) is 0 Å². The molecule has 3 aromatic rings. The lowest BCUT2D eigenvalue weighted by Crippen LogP contribution is -2.21. The van der Waals surface area contributed by atoms with E-state index in [1.807, 2.05) is 6.92 Å². The predicted octanol–water partition coefficient (Wildman–Crippen LogP) is 5.90. The summed E-state index contributed by atoms with van der Waals surface area (Å²) in [7, 11) is 1.27. The van der Waals surface area contributed by atoms with E-state index in [1.165, 1.54) is 17.7 Å². The molecule has 0 aliphatic rings. The summed E-state index contributed by atoms with van der Waals surface area (Å²) in [6, 6.07) is 6.72. The number of ether oxygens (including phenoxy) is 2. The van der Waals surface area contributed by atoms with Crippen LogP contribution in [0.4, 0.5) is 17.6 Å². The van der Waals surface area contributed by atoms with Gasteiger partial charge in [0.25, 0.3) is 5.91 Å². The number of nitrogens with zero attached hydrogens (tertiary/aromatic N) is 1. The Balaban J connectivity index is 2.23. The van der Waals surface area contributed by atoms with E-state index in [1.54, 1.807) is 13.8 Å². The third kappa shape index (κ3) is 4.71. The van der Waals surface area contributed by atoms with Gasteiger partial charge in [0.15, 0.2) is 11.6 Å². The number of carboxylic acids is 1. The van der Waals surface area contributed by atoms with Crippen molar-refractivity contribution in [2.45, 2.75) is 39.5 Å². The Hall–Kier alpha value is -3.56. The van der Waals surface area contributed by atoms with Crippen LogP contribution in [-0.2, 0) is 4.79 Å². The van der Waals surface area contributed by atoms with Crippen LogP contribution in [0.2, 0.25) is 0 Å². The Morgan fingerprint density at radius 3 is 2.26 bits per heavy atom. The van der Waals surface area contributed by atoms with E-state index in [0.717, 1.165) is 30.3 Å². The Morgan fingerprint density at radius 2 is 1.76 bits per heavy atom. The van der Waals surface area contributed by atoms with Gasteiger partial charge < -0.3 is 14.6 Å². The molecule has 0 bridgehead atoms. The average molecular weight is 481 g/mol. The maximum atomic E-state index is 14.6. The first-order chi connectivity index (χ1) is 15.9. The zero-order chi connectivity index (χ0) is 25.4. The monoisotopic (exact) mass is 481 g/mol. The molecule has 0 amide bonds. The number of carbonyl (C=O) groups excluding carboxylic acids is 1. The van der Waals surface area contributed by atoms with Gasteiger partial charge in [-0.1, -0.05) is 20.3 Å². The standard InChI is InChI=1S/C24H23F4NO5/c1-5-12(2)20(23(31)32)21-13(3)29(18-11-17(25)19(33-4)10-16(18)21)22(30)14-6-8-15(9-7-14)34-24(26,27)28/h6-12,20H,5H2,1-4H3,(H,31,32). The number of fused-ring (bicyclic) bond motifs is 1. The van der Waals surface area contributed by atoms with Gasteiger partial charge in [-0.25, -0.2) is 4.39 Å². The molecule has 1 N–H and O–H groups in total. The summed E-state index contributed by atoms with van der Waals surface area (Å²) < 4.78 is 62.0. The lowest BCUT2D eigenvalue weighted by Gasteiger charge is -2.20. The number of hydrogen-bond donors (Lipinski definition) is 1. The molecule has 3 rings (SSSR count). The molecule has 0 saturated carbocycles. The van der Waals surface area contributed by atoms with Crippen molar-refractivity contribution >= 4 is 22.8 Å². The molecule has 0 fully saturated rings. The van der Waals surface area contributed by atoms with Crippen molar-refractivity contribution in [3.8, 4) is 11.5 Å². The highest BCUT2D eigenvalue weighted by Gasteiger charge is 2.34. The van der Waals surface area contributed by atoms with Crippen LogP contribution >= 0.6 is 0 Å². The number of alkyl halides is 3. The van der Waals surface area contributed by atoms with Gasteiger partial charge >= 0.3 is 12.3 Å². The van der Waals surface area contributed by atoms with E-state index in [9.17, 15) is 32.3 Å². The summed E-state index contributed by atoms with van der Waals surface area (Å²) in [5, 5.41) is 10.3. The largest absolute Gasteiger partial charge is 0.573 e. The Bertz CT molecular complexity index is 1230. The van der Waals surface area contributed by atoms with E-state index >= 15 is 0 Å². The van der Waals surface area contributed by atoms with Crippen molar-refractivity contribution in [2.24, 2.45) is 5.92 Å². The summed E-state index contributed by atoms with van der Waals surface area (Å²) in [5.41, 5.74) is 0.769. The second-order valence-corrected chi connectivity index (χ2v) is 7.92. The van der Waals surface area contributed by atoms with Crippen LogP contribution in [0.5, 0.6) is 11.5 Å². The second kappa shape index (κ2) is 9.36. The van der Waals surface area contributed by atoms with Crippen LogP contribution in [0.15, 0.2) is 36.4 Å². The fourth-order valence-corrected chi connectivity index (χ4v) is 4.07. The molecule has 2 unspecified atom stereocenters. The van der Waals surface area contributed by atoms with Gasteiger partial charge in [-0.15, -0.1) is 13.2 Å². The quantitative estimate of drug-likeness (QED) is 0.425. The third-order valence-electron chi connectivity index (χ3n) is 5.85. The lowest BCUT2D eigenvalue weighted by molar-refractivity contribution is -0.274. The van der Waals surface area contributed by atoms with Crippen molar-refractivity contribution < 1.29 is 41.7 Å². The van der Waals surface area contributed by atoms with Gasteiger partial charge in [0.1, 0.15) is 5.75 Å². The first kappa shape index (κ1) is 25.1. The molecule has 0 aliphatic carbocycles.